The van der Waals surface area contributed by atoms with E-state index in [9.17, 15) is 4.79 Å². The minimum Gasteiger partial charge on any atom is -0.381 e. The fourth-order valence-electron chi connectivity index (χ4n) is 3.89. The van der Waals surface area contributed by atoms with Crippen LogP contribution in [0.15, 0.2) is 0 Å². The minimum atomic E-state index is 0.146. The minimum absolute atomic E-state index is 0.146. The summed E-state index contributed by atoms with van der Waals surface area (Å²) >= 11 is 0. The van der Waals surface area contributed by atoms with Crippen molar-refractivity contribution in [1.82, 2.24) is 10.6 Å². The van der Waals surface area contributed by atoms with Gasteiger partial charge < -0.3 is 15.4 Å². The van der Waals surface area contributed by atoms with Gasteiger partial charge >= 0.3 is 0 Å². The van der Waals surface area contributed by atoms with Crippen LogP contribution in [0, 0.1) is 5.41 Å². The van der Waals surface area contributed by atoms with Gasteiger partial charge in [-0.15, -0.1) is 0 Å². The molecule has 3 unspecified atom stereocenters. The van der Waals surface area contributed by atoms with Crippen LogP contribution in [0.2, 0.25) is 0 Å². The Morgan fingerprint density at radius 3 is 2.68 bits per heavy atom. The van der Waals surface area contributed by atoms with E-state index in [1.54, 1.807) is 7.11 Å². The van der Waals surface area contributed by atoms with E-state index in [1.807, 2.05) is 0 Å². The summed E-state index contributed by atoms with van der Waals surface area (Å²) in [5.74, 6) is 0.199. The molecule has 0 aromatic carbocycles. The number of hydrogen-bond donors (Lipinski definition) is 2. The third kappa shape index (κ3) is 2.79. The van der Waals surface area contributed by atoms with E-state index in [1.165, 1.54) is 6.42 Å². The molecule has 0 aromatic rings. The van der Waals surface area contributed by atoms with Gasteiger partial charge in [0.2, 0.25) is 5.91 Å². The van der Waals surface area contributed by atoms with Crippen molar-refractivity contribution >= 4 is 5.91 Å². The molecule has 2 rings (SSSR count). The molecule has 0 spiro atoms. The lowest BCUT2D eigenvalue weighted by atomic mass is 9.58. The summed E-state index contributed by atoms with van der Waals surface area (Å²) in [6, 6.07) is 0.678. The topological polar surface area (TPSA) is 50.4 Å². The molecule has 2 fully saturated rings. The fraction of sp³-hybridized carbons (Fsp3) is 0.933. The smallest absolute Gasteiger partial charge is 0.221 e. The van der Waals surface area contributed by atoms with E-state index in [4.69, 9.17) is 4.74 Å². The van der Waals surface area contributed by atoms with Crippen LogP contribution in [0.3, 0.4) is 0 Å². The van der Waals surface area contributed by atoms with Gasteiger partial charge in [0.05, 0.1) is 6.10 Å². The second-order valence-electron chi connectivity index (χ2n) is 6.02. The third-order valence-electron chi connectivity index (χ3n) is 5.32. The zero-order valence-electron chi connectivity index (χ0n) is 12.5. The van der Waals surface area contributed by atoms with Crippen molar-refractivity contribution in [3.8, 4) is 0 Å². The fourth-order valence-corrected chi connectivity index (χ4v) is 3.89. The van der Waals surface area contributed by atoms with Crippen molar-refractivity contribution in [3.63, 3.8) is 0 Å². The Balaban J connectivity index is 1.86. The molecule has 1 aliphatic heterocycles. The Morgan fingerprint density at radius 1 is 1.42 bits per heavy atom. The molecule has 0 radical (unpaired) electrons. The standard InChI is InChI=1S/C15H28N2O2/c1-4-15(5-2)12(10-13(15)19-3)17-14(18)9-11-7-6-8-16-11/h11-13,16H,4-10H2,1-3H3,(H,17,18). The van der Waals surface area contributed by atoms with Crippen LogP contribution < -0.4 is 10.6 Å². The number of methoxy groups -OCH3 is 1. The van der Waals surface area contributed by atoms with E-state index in [-0.39, 0.29) is 11.3 Å². The molecular formula is C15H28N2O2. The first kappa shape index (κ1) is 14.8. The van der Waals surface area contributed by atoms with Gasteiger partial charge in [-0.25, -0.2) is 0 Å². The molecule has 1 heterocycles. The summed E-state index contributed by atoms with van der Waals surface area (Å²) in [5, 5.41) is 6.62. The lowest BCUT2D eigenvalue weighted by Crippen LogP contribution is -2.64. The normalized spacial score (nSPS) is 32.9. The van der Waals surface area contributed by atoms with E-state index in [2.05, 4.69) is 24.5 Å². The molecule has 2 N–H and O–H groups in total. The summed E-state index contributed by atoms with van der Waals surface area (Å²) in [6.07, 6.45) is 6.34. The number of hydrogen-bond acceptors (Lipinski definition) is 3. The van der Waals surface area contributed by atoms with E-state index in [0.717, 1.165) is 32.2 Å². The highest BCUT2D eigenvalue weighted by molar-refractivity contribution is 5.77. The Morgan fingerprint density at radius 2 is 2.16 bits per heavy atom. The lowest BCUT2D eigenvalue weighted by Gasteiger charge is -2.55. The predicted molar refractivity (Wildman–Crippen MR) is 76.0 cm³/mol. The van der Waals surface area contributed by atoms with Gasteiger partial charge in [-0.3, -0.25) is 4.79 Å². The summed E-state index contributed by atoms with van der Waals surface area (Å²) in [4.78, 5) is 12.1. The number of ether oxygens (including phenoxy) is 1. The van der Waals surface area contributed by atoms with Gasteiger partial charge in [-0.1, -0.05) is 13.8 Å². The number of carbonyl (C=O) groups excluding carboxylic acids is 1. The Kier molecular flexibility index (Phi) is 4.85. The molecule has 0 aromatic heterocycles. The van der Waals surface area contributed by atoms with Crippen LogP contribution in [0.1, 0.15) is 52.4 Å². The average molecular weight is 268 g/mol. The number of carbonyl (C=O) groups is 1. The lowest BCUT2D eigenvalue weighted by molar-refractivity contribution is -0.141. The van der Waals surface area contributed by atoms with Crippen molar-refractivity contribution in [2.75, 3.05) is 13.7 Å². The van der Waals surface area contributed by atoms with Crippen molar-refractivity contribution in [3.05, 3.63) is 0 Å². The molecule has 3 atom stereocenters. The van der Waals surface area contributed by atoms with Crippen LogP contribution >= 0.6 is 0 Å². The van der Waals surface area contributed by atoms with E-state index < -0.39 is 0 Å². The molecule has 4 nitrogen and oxygen atoms in total. The first-order chi connectivity index (χ1) is 9.16. The van der Waals surface area contributed by atoms with Crippen LogP contribution in [0.5, 0.6) is 0 Å². The first-order valence-corrected chi connectivity index (χ1v) is 7.71. The van der Waals surface area contributed by atoms with Crippen molar-refractivity contribution in [2.45, 2.75) is 70.6 Å². The van der Waals surface area contributed by atoms with Crippen LogP contribution in [-0.2, 0) is 9.53 Å². The number of amides is 1. The molecule has 1 saturated carbocycles. The second kappa shape index (κ2) is 6.23. The zero-order valence-corrected chi connectivity index (χ0v) is 12.5. The van der Waals surface area contributed by atoms with Crippen molar-refractivity contribution in [2.24, 2.45) is 5.41 Å². The van der Waals surface area contributed by atoms with Crippen LogP contribution in [-0.4, -0.2) is 37.7 Å². The summed E-state index contributed by atoms with van der Waals surface area (Å²) < 4.78 is 5.57. The second-order valence-corrected chi connectivity index (χ2v) is 6.02. The Hall–Kier alpha value is -0.610. The quantitative estimate of drug-likeness (QED) is 0.773. The van der Waals surface area contributed by atoms with Crippen molar-refractivity contribution < 1.29 is 9.53 Å². The highest BCUT2D eigenvalue weighted by Gasteiger charge is 2.53. The van der Waals surface area contributed by atoms with Crippen molar-refractivity contribution in [1.29, 1.82) is 0 Å². The molecule has 1 saturated heterocycles. The van der Waals surface area contributed by atoms with Gasteiger partial charge in [0.15, 0.2) is 0 Å². The molecule has 19 heavy (non-hydrogen) atoms. The SMILES string of the molecule is CCC1(CC)C(NC(=O)CC2CCCN2)CC1OC. The average Bonchev–Trinajstić information content (AvgIpc) is 2.88. The Labute approximate surface area is 116 Å². The zero-order chi connectivity index (χ0) is 13.9. The Bertz CT molecular complexity index is 309. The highest BCUT2D eigenvalue weighted by Crippen LogP contribution is 2.48. The van der Waals surface area contributed by atoms with E-state index in [0.29, 0.717) is 24.6 Å². The highest BCUT2D eigenvalue weighted by atomic mass is 16.5. The maximum Gasteiger partial charge on any atom is 0.221 e. The molecule has 0 bridgehead atoms. The summed E-state index contributed by atoms with van der Waals surface area (Å²) in [5.41, 5.74) is 0.146. The van der Waals surface area contributed by atoms with Gasteiger partial charge in [0.25, 0.3) is 0 Å². The summed E-state index contributed by atoms with van der Waals surface area (Å²) in [6.45, 7) is 5.46. The largest absolute Gasteiger partial charge is 0.381 e. The maximum absolute atomic E-state index is 12.1. The van der Waals surface area contributed by atoms with Crippen LogP contribution in [0.25, 0.3) is 0 Å². The molecule has 1 amide bonds. The third-order valence-corrected chi connectivity index (χ3v) is 5.32. The monoisotopic (exact) mass is 268 g/mol. The maximum atomic E-state index is 12.1. The first-order valence-electron chi connectivity index (χ1n) is 7.71. The summed E-state index contributed by atoms with van der Waals surface area (Å²) in [7, 11) is 1.78. The van der Waals surface area contributed by atoms with Gasteiger partial charge in [-0.2, -0.15) is 0 Å². The molecule has 1 aliphatic carbocycles. The van der Waals surface area contributed by atoms with E-state index >= 15 is 0 Å². The van der Waals surface area contributed by atoms with Gasteiger partial charge in [0, 0.05) is 31.0 Å². The molecule has 4 heteroatoms. The van der Waals surface area contributed by atoms with Crippen LogP contribution in [0.4, 0.5) is 0 Å². The van der Waals surface area contributed by atoms with Gasteiger partial charge in [-0.05, 0) is 38.6 Å². The molecular weight excluding hydrogens is 240 g/mol. The number of nitrogens with one attached hydrogen (secondary N) is 2. The molecule has 2 aliphatic rings. The van der Waals surface area contributed by atoms with Gasteiger partial charge in [0.1, 0.15) is 0 Å². The molecule has 110 valence electrons. The number of rotatable bonds is 6. The predicted octanol–water partition coefficient (Wildman–Crippen LogP) is 1.84.